The summed E-state index contributed by atoms with van der Waals surface area (Å²) >= 11 is 1.51. The first-order chi connectivity index (χ1) is 14.7. The van der Waals surface area contributed by atoms with Gasteiger partial charge in [0, 0.05) is 41.5 Å². The Morgan fingerprint density at radius 1 is 1.00 bits per heavy atom. The molecular formula is C21H17N5O3S. The Morgan fingerprint density at radius 3 is 2.33 bits per heavy atom. The van der Waals surface area contributed by atoms with Crippen LogP contribution in [0.4, 0.5) is 5.69 Å². The lowest BCUT2D eigenvalue weighted by Crippen LogP contribution is -2.00. The number of aromatic nitrogens is 4. The van der Waals surface area contributed by atoms with Crippen LogP contribution in [-0.2, 0) is 5.75 Å². The van der Waals surface area contributed by atoms with E-state index in [2.05, 4.69) is 15.2 Å². The zero-order chi connectivity index (χ0) is 20.9. The summed E-state index contributed by atoms with van der Waals surface area (Å²) in [5, 5.41) is 20.3. The van der Waals surface area contributed by atoms with Gasteiger partial charge >= 0.3 is 0 Å². The number of non-ortho nitro benzene ring substituents is 1. The number of thioether (sulfide) groups is 1. The van der Waals surface area contributed by atoms with Gasteiger partial charge < -0.3 is 4.74 Å². The van der Waals surface area contributed by atoms with Crippen molar-refractivity contribution in [2.75, 3.05) is 7.11 Å². The molecule has 0 saturated heterocycles. The van der Waals surface area contributed by atoms with Crippen molar-refractivity contribution in [3.63, 3.8) is 0 Å². The first-order valence-electron chi connectivity index (χ1n) is 9.02. The zero-order valence-electron chi connectivity index (χ0n) is 16.0. The van der Waals surface area contributed by atoms with Crippen LogP contribution in [0, 0.1) is 10.1 Å². The van der Waals surface area contributed by atoms with Gasteiger partial charge in [0.05, 0.1) is 12.0 Å². The second-order valence-electron chi connectivity index (χ2n) is 6.29. The van der Waals surface area contributed by atoms with Gasteiger partial charge in [-0.1, -0.05) is 23.9 Å². The summed E-state index contributed by atoms with van der Waals surface area (Å²) in [6.45, 7) is 0. The highest BCUT2D eigenvalue weighted by molar-refractivity contribution is 7.98. The van der Waals surface area contributed by atoms with Crippen molar-refractivity contribution in [1.29, 1.82) is 0 Å². The number of ether oxygens (including phenoxy) is 1. The summed E-state index contributed by atoms with van der Waals surface area (Å²) in [5.74, 6) is 2.06. The molecule has 0 N–H and O–H groups in total. The number of nitro benzene ring substituents is 1. The maximum atomic E-state index is 10.8. The summed E-state index contributed by atoms with van der Waals surface area (Å²) in [5.41, 5.74) is 2.83. The zero-order valence-corrected chi connectivity index (χ0v) is 16.8. The van der Waals surface area contributed by atoms with E-state index in [-0.39, 0.29) is 5.69 Å². The minimum Gasteiger partial charge on any atom is -0.497 e. The maximum absolute atomic E-state index is 10.8. The largest absolute Gasteiger partial charge is 0.497 e. The Kier molecular flexibility index (Phi) is 5.71. The van der Waals surface area contributed by atoms with Crippen LogP contribution in [0.2, 0.25) is 0 Å². The topological polar surface area (TPSA) is 96.0 Å². The van der Waals surface area contributed by atoms with Crippen LogP contribution in [0.15, 0.2) is 78.2 Å². The SMILES string of the molecule is COc1ccc(-n2c(SCc3ccc([N+](=O)[O-])cc3)nnc2-c2ccncc2)cc1. The van der Waals surface area contributed by atoms with E-state index >= 15 is 0 Å². The number of rotatable bonds is 7. The molecule has 4 aromatic rings. The molecule has 2 aromatic heterocycles. The average Bonchev–Trinajstić information content (AvgIpc) is 3.22. The average molecular weight is 419 g/mol. The fraction of sp³-hybridized carbons (Fsp3) is 0.0952. The molecule has 0 spiro atoms. The molecule has 0 bridgehead atoms. The van der Waals surface area contributed by atoms with Gasteiger partial charge in [0.1, 0.15) is 5.75 Å². The molecule has 8 nitrogen and oxygen atoms in total. The van der Waals surface area contributed by atoms with E-state index in [1.165, 1.54) is 23.9 Å². The fourth-order valence-electron chi connectivity index (χ4n) is 2.88. The molecule has 0 aliphatic carbocycles. The molecule has 4 rings (SSSR count). The highest BCUT2D eigenvalue weighted by atomic mass is 32.2. The number of methoxy groups -OCH3 is 1. The molecule has 0 radical (unpaired) electrons. The molecular weight excluding hydrogens is 402 g/mol. The van der Waals surface area contributed by atoms with Gasteiger partial charge in [-0.2, -0.15) is 0 Å². The van der Waals surface area contributed by atoms with Crippen molar-refractivity contribution in [1.82, 2.24) is 19.7 Å². The molecule has 2 aromatic carbocycles. The summed E-state index contributed by atoms with van der Waals surface area (Å²) < 4.78 is 7.24. The van der Waals surface area contributed by atoms with Crippen LogP contribution in [-0.4, -0.2) is 31.8 Å². The summed E-state index contributed by atoms with van der Waals surface area (Å²) in [6.07, 6.45) is 3.43. The first kappa shape index (κ1) is 19.6. The Labute approximate surface area is 176 Å². The van der Waals surface area contributed by atoms with E-state index < -0.39 is 4.92 Å². The second kappa shape index (κ2) is 8.75. The smallest absolute Gasteiger partial charge is 0.269 e. The predicted octanol–water partition coefficient (Wildman–Crippen LogP) is 4.54. The normalized spacial score (nSPS) is 10.7. The molecule has 0 fully saturated rings. The van der Waals surface area contributed by atoms with Gasteiger partial charge in [0.2, 0.25) is 0 Å². The van der Waals surface area contributed by atoms with E-state index in [9.17, 15) is 10.1 Å². The number of pyridine rings is 1. The minimum atomic E-state index is -0.405. The van der Waals surface area contributed by atoms with Gasteiger partial charge in [0.15, 0.2) is 11.0 Å². The van der Waals surface area contributed by atoms with Crippen molar-refractivity contribution in [2.24, 2.45) is 0 Å². The lowest BCUT2D eigenvalue weighted by Gasteiger charge is -2.11. The van der Waals surface area contributed by atoms with Crippen LogP contribution >= 0.6 is 11.8 Å². The molecule has 9 heteroatoms. The Bertz CT molecular complexity index is 1150. The Balaban J connectivity index is 1.66. The van der Waals surface area contributed by atoms with E-state index in [0.29, 0.717) is 16.7 Å². The van der Waals surface area contributed by atoms with Crippen LogP contribution < -0.4 is 4.74 Å². The molecule has 0 saturated carbocycles. The third-order valence-corrected chi connectivity index (χ3v) is 5.42. The number of hydrogen-bond acceptors (Lipinski definition) is 7. The van der Waals surface area contributed by atoms with Crippen LogP contribution in [0.5, 0.6) is 5.75 Å². The summed E-state index contributed by atoms with van der Waals surface area (Å²) in [4.78, 5) is 14.5. The number of nitrogens with zero attached hydrogens (tertiary/aromatic N) is 5. The van der Waals surface area contributed by atoms with Gasteiger partial charge in [-0.3, -0.25) is 19.7 Å². The van der Waals surface area contributed by atoms with Crippen molar-refractivity contribution in [3.8, 4) is 22.8 Å². The third-order valence-electron chi connectivity index (χ3n) is 4.42. The maximum Gasteiger partial charge on any atom is 0.269 e. The highest BCUT2D eigenvalue weighted by Crippen LogP contribution is 2.30. The van der Waals surface area contributed by atoms with Crippen molar-refractivity contribution in [2.45, 2.75) is 10.9 Å². The van der Waals surface area contributed by atoms with Crippen LogP contribution in [0.1, 0.15) is 5.56 Å². The van der Waals surface area contributed by atoms with Gasteiger partial charge in [-0.05, 0) is 42.0 Å². The van der Waals surface area contributed by atoms with E-state index in [1.807, 2.05) is 41.0 Å². The molecule has 0 amide bonds. The molecule has 0 aliphatic rings. The lowest BCUT2D eigenvalue weighted by atomic mass is 10.2. The van der Waals surface area contributed by atoms with E-state index in [0.717, 1.165) is 22.6 Å². The van der Waals surface area contributed by atoms with Gasteiger partial charge in [0.25, 0.3) is 5.69 Å². The molecule has 2 heterocycles. The van der Waals surface area contributed by atoms with E-state index in [1.54, 1.807) is 31.6 Å². The van der Waals surface area contributed by atoms with Crippen molar-refractivity contribution < 1.29 is 9.66 Å². The van der Waals surface area contributed by atoms with Crippen LogP contribution in [0.25, 0.3) is 17.1 Å². The quantitative estimate of drug-likeness (QED) is 0.246. The predicted molar refractivity (Wildman–Crippen MR) is 114 cm³/mol. The molecule has 0 atom stereocenters. The summed E-state index contributed by atoms with van der Waals surface area (Å²) in [6, 6.07) is 18.0. The van der Waals surface area contributed by atoms with Gasteiger partial charge in [-0.15, -0.1) is 10.2 Å². The fourth-order valence-corrected chi connectivity index (χ4v) is 3.78. The molecule has 150 valence electrons. The highest BCUT2D eigenvalue weighted by Gasteiger charge is 2.16. The Morgan fingerprint density at radius 2 is 1.70 bits per heavy atom. The third kappa shape index (κ3) is 4.15. The number of hydrogen-bond donors (Lipinski definition) is 0. The number of benzene rings is 2. The Hall–Kier alpha value is -3.72. The van der Waals surface area contributed by atoms with Crippen molar-refractivity contribution in [3.05, 3.63) is 88.7 Å². The summed E-state index contributed by atoms with van der Waals surface area (Å²) in [7, 11) is 1.63. The van der Waals surface area contributed by atoms with Gasteiger partial charge in [-0.25, -0.2) is 0 Å². The van der Waals surface area contributed by atoms with E-state index in [4.69, 9.17) is 4.74 Å². The van der Waals surface area contributed by atoms with Crippen molar-refractivity contribution >= 4 is 17.4 Å². The standard InChI is InChI=1S/C21H17N5O3S/c1-29-19-8-6-17(7-9-19)25-20(16-10-12-22-13-11-16)23-24-21(25)30-14-15-2-4-18(5-3-15)26(27)28/h2-13H,14H2,1H3. The molecule has 30 heavy (non-hydrogen) atoms. The molecule has 0 aliphatic heterocycles. The monoisotopic (exact) mass is 419 g/mol. The minimum absolute atomic E-state index is 0.0742. The first-order valence-corrected chi connectivity index (χ1v) is 10.0. The molecule has 0 unspecified atom stereocenters. The second-order valence-corrected chi connectivity index (χ2v) is 7.23. The lowest BCUT2D eigenvalue weighted by molar-refractivity contribution is -0.384. The number of nitro groups is 1. The van der Waals surface area contributed by atoms with Crippen LogP contribution in [0.3, 0.4) is 0 Å².